The van der Waals surface area contributed by atoms with Gasteiger partial charge in [0.05, 0.1) is 10.9 Å². The Hall–Kier alpha value is 0.100. The Morgan fingerprint density at radius 1 is 1.36 bits per heavy atom. The molecule has 0 saturated heterocycles. The van der Waals surface area contributed by atoms with Gasteiger partial charge in [0.25, 0.3) is 0 Å². The van der Waals surface area contributed by atoms with Crippen molar-refractivity contribution in [3.8, 4) is 0 Å². The molecule has 1 aliphatic rings. The molecule has 3 atom stereocenters. The number of aliphatic hydroxyl groups is 2. The van der Waals surface area contributed by atoms with E-state index in [1.807, 2.05) is 24.3 Å². The van der Waals surface area contributed by atoms with Crippen molar-refractivity contribution in [2.45, 2.75) is 21.9 Å². The Bertz CT molecular complexity index is 352. The second kappa shape index (κ2) is 3.59. The Kier molecular flexibility index (Phi) is 2.72. The van der Waals surface area contributed by atoms with Crippen LogP contribution in [0.1, 0.15) is 23.7 Å². The van der Waals surface area contributed by atoms with Gasteiger partial charge >= 0.3 is 0 Å². The third-order valence-corrected chi connectivity index (χ3v) is 5.17. The molecule has 1 aliphatic carbocycles. The molecule has 2 N–H and O–H groups in total. The van der Waals surface area contributed by atoms with Gasteiger partial charge in [0.2, 0.25) is 0 Å². The van der Waals surface area contributed by atoms with Gasteiger partial charge in [-0.15, -0.1) is 0 Å². The standard InChI is InChI=1S/C10H10Br2O2/c11-9-5-8(13)6-3-1-2-4-7(6)10(9,12)14/h1-4,8-9,13-14H,5H2. The second-order valence-electron chi connectivity index (χ2n) is 3.48. The fourth-order valence-electron chi connectivity index (χ4n) is 1.75. The van der Waals surface area contributed by atoms with Crippen molar-refractivity contribution in [1.29, 1.82) is 0 Å². The zero-order valence-corrected chi connectivity index (χ0v) is 10.5. The maximum absolute atomic E-state index is 10.2. The zero-order valence-electron chi connectivity index (χ0n) is 7.32. The lowest BCUT2D eigenvalue weighted by molar-refractivity contribution is 0.0806. The quantitative estimate of drug-likeness (QED) is 0.720. The van der Waals surface area contributed by atoms with Gasteiger partial charge in [0, 0.05) is 5.56 Å². The highest BCUT2D eigenvalue weighted by Crippen LogP contribution is 2.47. The van der Waals surface area contributed by atoms with Crippen LogP contribution in [0.25, 0.3) is 0 Å². The number of halogens is 2. The van der Waals surface area contributed by atoms with Crippen LogP contribution in [0.5, 0.6) is 0 Å². The Morgan fingerprint density at radius 3 is 2.71 bits per heavy atom. The molecule has 0 radical (unpaired) electrons. The molecule has 4 heteroatoms. The van der Waals surface area contributed by atoms with Crippen LogP contribution in [0.15, 0.2) is 24.3 Å². The summed E-state index contributed by atoms with van der Waals surface area (Å²) in [5, 5.41) is 20.0. The number of benzene rings is 1. The first-order chi connectivity index (χ1) is 6.53. The van der Waals surface area contributed by atoms with Gasteiger partial charge < -0.3 is 10.2 Å². The van der Waals surface area contributed by atoms with Crippen molar-refractivity contribution < 1.29 is 10.2 Å². The van der Waals surface area contributed by atoms with E-state index in [4.69, 9.17) is 0 Å². The zero-order chi connectivity index (χ0) is 10.3. The van der Waals surface area contributed by atoms with E-state index >= 15 is 0 Å². The smallest absolute Gasteiger partial charge is 0.157 e. The average Bonchev–Trinajstić information content (AvgIpc) is 2.16. The van der Waals surface area contributed by atoms with Crippen LogP contribution in [0, 0.1) is 0 Å². The largest absolute Gasteiger partial charge is 0.388 e. The third-order valence-electron chi connectivity index (χ3n) is 2.54. The number of rotatable bonds is 0. The lowest BCUT2D eigenvalue weighted by Gasteiger charge is -2.36. The van der Waals surface area contributed by atoms with E-state index in [2.05, 4.69) is 31.9 Å². The predicted octanol–water partition coefficient (Wildman–Crippen LogP) is 2.43. The van der Waals surface area contributed by atoms with Crippen molar-refractivity contribution >= 4 is 31.9 Å². The van der Waals surface area contributed by atoms with Crippen LogP contribution in [0.2, 0.25) is 0 Å². The predicted molar refractivity (Wildman–Crippen MR) is 61.6 cm³/mol. The monoisotopic (exact) mass is 320 g/mol. The fourth-order valence-corrected chi connectivity index (χ4v) is 2.90. The summed E-state index contributed by atoms with van der Waals surface area (Å²) < 4.78 is -1.08. The number of alkyl halides is 2. The molecule has 3 unspecified atom stereocenters. The van der Waals surface area contributed by atoms with Gasteiger partial charge in [0.1, 0.15) is 0 Å². The number of fused-ring (bicyclic) bond motifs is 1. The summed E-state index contributed by atoms with van der Waals surface area (Å²) in [6, 6.07) is 7.37. The number of hydrogen-bond acceptors (Lipinski definition) is 2. The molecule has 0 amide bonds. The van der Waals surface area contributed by atoms with Crippen molar-refractivity contribution in [1.82, 2.24) is 0 Å². The van der Waals surface area contributed by atoms with E-state index in [1.165, 1.54) is 0 Å². The number of aliphatic hydroxyl groups excluding tert-OH is 1. The summed E-state index contributed by atoms with van der Waals surface area (Å²) in [6.07, 6.45) is -0.00734. The molecule has 2 nitrogen and oxygen atoms in total. The maximum Gasteiger partial charge on any atom is 0.157 e. The van der Waals surface area contributed by atoms with E-state index in [1.54, 1.807) is 0 Å². The summed E-state index contributed by atoms with van der Waals surface area (Å²) in [4.78, 5) is -0.181. The highest BCUT2D eigenvalue weighted by molar-refractivity contribution is 9.12. The van der Waals surface area contributed by atoms with E-state index in [-0.39, 0.29) is 4.83 Å². The molecule has 76 valence electrons. The molecule has 0 aliphatic heterocycles. The Labute approximate surface area is 99.2 Å². The van der Waals surface area contributed by atoms with Gasteiger partial charge in [-0.2, -0.15) is 0 Å². The van der Waals surface area contributed by atoms with Crippen LogP contribution >= 0.6 is 31.9 Å². The van der Waals surface area contributed by atoms with Gasteiger partial charge in [-0.3, -0.25) is 0 Å². The number of hydrogen-bond donors (Lipinski definition) is 2. The van der Waals surface area contributed by atoms with Gasteiger partial charge in [-0.1, -0.05) is 40.2 Å². The fraction of sp³-hybridized carbons (Fsp3) is 0.400. The minimum Gasteiger partial charge on any atom is -0.388 e. The molecular weight excluding hydrogens is 312 g/mol. The topological polar surface area (TPSA) is 40.5 Å². The normalized spacial score (nSPS) is 36.6. The lowest BCUT2D eigenvalue weighted by Crippen LogP contribution is -2.36. The van der Waals surface area contributed by atoms with E-state index in [9.17, 15) is 10.2 Å². The van der Waals surface area contributed by atoms with Crippen molar-refractivity contribution in [2.24, 2.45) is 0 Å². The molecule has 0 fully saturated rings. The van der Waals surface area contributed by atoms with Crippen LogP contribution < -0.4 is 0 Å². The molecule has 0 aromatic heterocycles. The van der Waals surface area contributed by atoms with Crippen molar-refractivity contribution in [3.63, 3.8) is 0 Å². The highest BCUT2D eigenvalue weighted by atomic mass is 79.9. The lowest BCUT2D eigenvalue weighted by atomic mass is 9.87. The van der Waals surface area contributed by atoms with Crippen LogP contribution in [-0.2, 0) is 4.51 Å². The summed E-state index contributed by atoms with van der Waals surface area (Å²) in [5.74, 6) is 0. The van der Waals surface area contributed by atoms with Crippen LogP contribution in [0.3, 0.4) is 0 Å². The maximum atomic E-state index is 10.2. The van der Waals surface area contributed by atoms with E-state index in [0.29, 0.717) is 6.42 Å². The average molecular weight is 322 g/mol. The Balaban J connectivity index is 2.57. The molecule has 2 rings (SSSR count). The first-order valence-corrected chi connectivity index (χ1v) is 6.07. The third kappa shape index (κ3) is 1.54. The van der Waals surface area contributed by atoms with Gasteiger partial charge in [0.15, 0.2) is 4.51 Å². The molecule has 0 saturated carbocycles. The Morgan fingerprint density at radius 2 is 2.00 bits per heavy atom. The molecule has 0 bridgehead atoms. The summed E-state index contributed by atoms with van der Waals surface area (Å²) >= 11 is 6.64. The van der Waals surface area contributed by atoms with Gasteiger partial charge in [-0.05, 0) is 27.9 Å². The molecule has 1 aromatic rings. The minimum absolute atomic E-state index is 0.181. The first kappa shape index (κ1) is 10.6. The first-order valence-electron chi connectivity index (χ1n) is 4.36. The minimum atomic E-state index is -1.08. The molecule has 0 heterocycles. The molecular formula is C10H10Br2O2. The molecule has 0 spiro atoms. The molecule has 1 aromatic carbocycles. The van der Waals surface area contributed by atoms with Crippen molar-refractivity contribution in [2.75, 3.05) is 0 Å². The summed E-state index contributed by atoms with van der Waals surface area (Å²) in [6.45, 7) is 0. The highest BCUT2D eigenvalue weighted by Gasteiger charge is 2.42. The van der Waals surface area contributed by atoms with E-state index in [0.717, 1.165) is 11.1 Å². The second-order valence-corrected chi connectivity index (χ2v) is 5.79. The molecule has 14 heavy (non-hydrogen) atoms. The summed E-state index contributed by atoms with van der Waals surface area (Å²) in [7, 11) is 0. The van der Waals surface area contributed by atoms with Crippen LogP contribution in [-0.4, -0.2) is 15.0 Å². The van der Waals surface area contributed by atoms with E-state index < -0.39 is 10.6 Å². The van der Waals surface area contributed by atoms with Gasteiger partial charge in [-0.25, -0.2) is 0 Å². The van der Waals surface area contributed by atoms with Crippen LogP contribution in [0.4, 0.5) is 0 Å². The van der Waals surface area contributed by atoms with Crippen molar-refractivity contribution in [3.05, 3.63) is 35.4 Å². The SMILES string of the molecule is OC1CC(Br)C(O)(Br)c2ccccc21. The summed E-state index contributed by atoms with van der Waals surface area (Å²) in [5.41, 5.74) is 1.53.